The molecule has 12 heteroatoms. The van der Waals surface area contributed by atoms with Crippen molar-refractivity contribution in [3.05, 3.63) is 41.5 Å². The Kier molecular flexibility index (Phi) is 7.49. The van der Waals surface area contributed by atoms with Gasteiger partial charge in [-0.1, -0.05) is 23.9 Å². The molecule has 2 aliphatic rings. The van der Waals surface area contributed by atoms with Gasteiger partial charge < -0.3 is 14.8 Å². The highest BCUT2D eigenvalue weighted by atomic mass is 32.2. The van der Waals surface area contributed by atoms with Gasteiger partial charge in [-0.05, 0) is 33.3 Å². The van der Waals surface area contributed by atoms with Crippen LogP contribution in [0.25, 0.3) is 0 Å². The summed E-state index contributed by atoms with van der Waals surface area (Å²) in [4.78, 5) is 8.93. The third-order valence-corrected chi connectivity index (χ3v) is 7.41. The summed E-state index contributed by atoms with van der Waals surface area (Å²) in [5.41, 5.74) is 0.215. The standard InChI is InChI=1S/C21H27F2N5O3S2/c1-13(16-11-30-21(2,3)31-16)24-17-10-18(27-33(29)28-8-5-9-28)26-20(25-17)32-12-14-6-4-7-15(22)19(14)23/h4,6-7,10,13,16H,5,8-9,11-12H2,1-3H3,(H2,24,25,26,27)/t13?,16-,33?/m1/s1. The third-order valence-electron chi connectivity index (χ3n) is 5.30. The Morgan fingerprint density at radius 3 is 2.73 bits per heavy atom. The number of hydrogen-bond acceptors (Lipinski definition) is 7. The Bertz CT molecular complexity index is 1030. The molecule has 0 bridgehead atoms. The average Bonchev–Trinajstić information content (AvgIpc) is 3.07. The van der Waals surface area contributed by atoms with Gasteiger partial charge in [0.15, 0.2) is 33.7 Å². The maximum Gasteiger partial charge on any atom is 0.197 e. The van der Waals surface area contributed by atoms with Crippen molar-refractivity contribution in [3.8, 4) is 0 Å². The molecule has 2 N–H and O–H groups in total. The summed E-state index contributed by atoms with van der Waals surface area (Å²) in [5, 5.41) is 3.63. The van der Waals surface area contributed by atoms with E-state index in [1.165, 1.54) is 12.1 Å². The van der Waals surface area contributed by atoms with Gasteiger partial charge in [-0.25, -0.2) is 27.3 Å². The number of anilines is 2. The molecule has 0 spiro atoms. The lowest BCUT2D eigenvalue weighted by Gasteiger charge is -2.28. The van der Waals surface area contributed by atoms with Crippen LogP contribution in [0.15, 0.2) is 29.4 Å². The second-order valence-electron chi connectivity index (χ2n) is 8.36. The Morgan fingerprint density at radius 1 is 1.30 bits per heavy atom. The quantitative estimate of drug-likeness (QED) is 0.402. The number of halogens is 2. The van der Waals surface area contributed by atoms with Crippen molar-refractivity contribution in [2.75, 3.05) is 29.7 Å². The summed E-state index contributed by atoms with van der Waals surface area (Å²) in [7, 11) is 0. The Balaban J connectivity index is 1.51. The molecule has 2 saturated heterocycles. The molecule has 1 aromatic heterocycles. The van der Waals surface area contributed by atoms with Gasteiger partial charge in [-0.2, -0.15) is 0 Å². The summed E-state index contributed by atoms with van der Waals surface area (Å²) in [6.45, 7) is 7.62. The first kappa shape index (κ1) is 24.3. The molecule has 2 aromatic rings. The second kappa shape index (κ2) is 10.2. The summed E-state index contributed by atoms with van der Waals surface area (Å²) in [6.07, 6.45) is 0.820. The van der Waals surface area contributed by atoms with Crippen molar-refractivity contribution in [2.45, 2.75) is 56.0 Å². The van der Waals surface area contributed by atoms with Crippen LogP contribution < -0.4 is 10.0 Å². The van der Waals surface area contributed by atoms with Crippen LogP contribution in [0.3, 0.4) is 0 Å². The van der Waals surface area contributed by atoms with Crippen molar-refractivity contribution in [2.24, 2.45) is 0 Å². The van der Waals surface area contributed by atoms with Gasteiger partial charge in [0.2, 0.25) is 0 Å². The van der Waals surface area contributed by atoms with Gasteiger partial charge in [0.05, 0.1) is 12.6 Å². The van der Waals surface area contributed by atoms with Crippen molar-refractivity contribution in [1.29, 1.82) is 0 Å². The number of ether oxygens (including phenoxy) is 2. The molecule has 2 fully saturated rings. The minimum Gasteiger partial charge on any atom is -0.365 e. The number of nitrogens with zero attached hydrogens (tertiary/aromatic N) is 3. The molecule has 0 saturated carbocycles. The van der Waals surface area contributed by atoms with E-state index in [1.54, 1.807) is 10.4 Å². The van der Waals surface area contributed by atoms with Gasteiger partial charge in [-0.15, -0.1) is 0 Å². The summed E-state index contributed by atoms with van der Waals surface area (Å²) < 4.78 is 56.3. The first-order valence-electron chi connectivity index (χ1n) is 10.7. The molecule has 0 radical (unpaired) electrons. The fourth-order valence-electron chi connectivity index (χ4n) is 3.31. The fraction of sp³-hybridized carbons (Fsp3) is 0.524. The van der Waals surface area contributed by atoms with Gasteiger partial charge in [0, 0.05) is 30.5 Å². The van der Waals surface area contributed by atoms with Crippen LogP contribution in [0.2, 0.25) is 0 Å². The number of aromatic nitrogens is 2. The molecule has 2 unspecified atom stereocenters. The Labute approximate surface area is 198 Å². The van der Waals surface area contributed by atoms with E-state index in [-0.39, 0.29) is 23.5 Å². The van der Waals surface area contributed by atoms with E-state index in [1.807, 2.05) is 20.8 Å². The number of nitrogens with one attached hydrogen (secondary N) is 2. The molecular weight excluding hydrogens is 472 g/mol. The highest BCUT2D eigenvalue weighted by molar-refractivity contribution is 7.98. The van der Waals surface area contributed by atoms with Crippen LogP contribution in [-0.4, -0.2) is 56.1 Å². The average molecular weight is 500 g/mol. The van der Waals surface area contributed by atoms with Gasteiger partial charge >= 0.3 is 0 Å². The summed E-state index contributed by atoms with van der Waals surface area (Å²) >= 11 is -0.254. The lowest BCUT2D eigenvalue weighted by molar-refractivity contribution is -0.139. The molecule has 0 amide bonds. The fourth-order valence-corrected chi connectivity index (χ4v) is 5.15. The van der Waals surface area contributed by atoms with Crippen LogP contribution in [0.1, 0.15) is 32.8 Å². The van der Waals surface area contributed by atoms with Gasteiger partial charge in [0.25, 0.3) is 0 Å². The lowest BCUT2D eigenvalue weighted by atomic mass is 10.2. The normalized spacial score (nSPS) is 21.9. The minimum absolute atomic E-state index is 0.131. The van der Waals surface area contributed by atoms with E-state index in [2.05, 4.69) is 20.0 Å². The highest BCUT2D eigenvalue weighted by Gasteiger charge is 2.36. The van der Waals surface area contributed by atoms with Crippen LogP contribution in [0.5, 0.6) is 0 Å². The molecule has 8 nitrogen and oxygen atoms in total. The summed E-state index contributed by atoms with van der Waals surface area (Å²) in [6, 6.07) is 5.60. The molecule has 0 aliphatic carbocycles. The van der Waals surface area contributed by atoms with Crippen molar-refractivity contribution in [3.63, 3.8) is 0 Å². The van der Waals surface area contributed by atoms with E-state index in [4.69, 9.17) is 9.47 Å². The van der Waals surface area contributed by atoms with Crippen LogP contribution in [0, 0.1) is 11.6 Å². The molecule has 3 heterocycles. The summed E-state index contributed by atoms with van der Waals surface area (Å²) in [5.74, 6) is -1.42. The zero-order chi connectivity index (χ0) is 23.6. The molecular formula is C21H27F2N5O3S2. The SMILES string of the molecule is CC(Nc1cc(NS(=O)N2CCC2)nc(SCc2cccc(F)c2F)n1)[C@H]1COC(C)(C)O1. The Morgan fingerprint density at radius 2 is 2.06 bits per heavy atom. The number of benzene rings is 1. The monoisotopic (exact) mass is 499 g/mol. The third kappa shape index (κ3) is 6.18. The largest absolute Gasteiger partial charge is 0.365 e. The van der Waals surface area contributed by atoms with Crippen molar-refractivity contribution < 1.29 is 22.5 Å². The smallest absolute Gasteiger partial charge is 0.197 e. The van der Waals surface area contributed by atoms with Gasteiger partial charge in [0.1, 0.15) is 17.7 Å². The Hall–Kier alpha value is -1.86. The predicted molar refractivity (Wildman–Crippen MR) is 124 cm³/mol. The maximum atomic E-state index is 14.1. The molecule has 3 atom stereocenters. The van der Waals surface area contributed by atoms with Crippen molar-refractivity contribution in [1.82, 2.24) is 14.3 Å². The zero-order valence-corrected chi connectivity index (χ0v) is 20.3. The molecule has 2 aliphatic heterocycles. The second-order valence-corrected chi connectivity index (χ2v) is 10.5. The highest BCUT2D eigenvalue weighted by Crippen LogP contribution is 2.28. The maximum absolute atomic E-state index is 14.1. The van der Waals surface area contributed by atoms with E-state index in [9.17, 15) is 13.0 Å². The molecule has 1 aromatic carbocycles. The van der Waals surface area contributed by atoms with Gasteiger partial charge in [-0.3, -0.25) is 4.72 Å². The van der Waals surface area contributed by atoms with E-state index in [0.717, 1.165) is 37.3 Å². The number of hydrogen-bond donors (Lipinski definition) is 2. The molecule has 33 heavy (non-hydrogen) atoms. The molecule has 180 valence electrons. The van der Waals surface area contributed by atoms with Crippen LogP contribution in [0.4, 0.5) is 20.4 Å². The van der Waals surface area contributed by atoms with E-state index in [0.29, 0.717) is 23.4 Å². The predicted octanol–water partition coefficient (Wildman–Crippen LogP) is 3.70. The lowest BCUT2D eigenvalue weighted by Crippen LogP contribution is -2.41. The number of thioether (sulfide) groups is 1. The van der Waals surface area contributed by atoms with Crippen molar-refractivity contribution >= 4 is 34.6 Å². The van der Waals surface area contributed by atoms with Crippen LogP contribution in [-0.2, 0) is 26.4 Å². The number of rotatable bonds is 9. The van der Waals surface area contributed by atoms with Crippen LogP contribution >= 0.6 is 11.8 Å². The zero-order valence-electron chi connectivity index (χ0n) is 18.6. The van der Waals surface area contributed by atoms with E-state index >= 15 is 0 Å². The first-order chi connectivity index (χ1) is 15.7. The molecule has 4 rings (SSSR count). The topological polar surface area (TPSA) is 88.6 Å². The van der Waals surface area contributed by atoms with E-state index < -0.39 is 28.6 Å². The first-order valence-corrected chi connectivity index (χ1v) is 12.8. The minimum atomic E-state index is -1.42.